The molecule has 274 valence electrons. The van der Waals surface area contributed by atoms with Gasteiger partial charge in [0.15, 0.2) is 0 Å². The van der Waals surface area contributed by atoms with Crippen molar-refractivity contribution in [3.63, 3.8) is 0 Å². The number of thiophene rings is 1. The fraction of sp³-hybridized carbons (Fsp3) is 0.442. The molecule has 0 aliphatic heterocycles. The summed E-state index contributed by atoms with van der Waals surface area (Å²) < 4.78 is 36.5. The third-order valence-corrected chi connectivity index (χ3v) is 9.38. The zero-order valence-corrected chi connectivity index (χ0v) is 30.8. The Bertz CT molecular complexity index is 1520. The maximum absolute atomic E-state index is 14.1. The highest BCUT2D eigenvalue weighted by Gasteiger charge is 2.11. The Kier molecular flexibility index (Phi) is 18.1. The average molecular weight is 717 g/mol. The van der Waals surface area contributed by atoms with Gasteiger partial charge in [0.1, 0.15) is 30.0 Å². The van der Waals surface area contributed by atoms with Gasteiger partial charge in [-0.3, -0.25) is 4.79 Å². The molecule has 0 bridgehead atoms. The van der Waals surface area contributed by atoms with Crippen molar-refractivity contribution >= 4 is 23.3 Å². The van der Waals surface area contributed by atoms with Crippen molar-refractivity contribution in [3.05, 3.63) is 101 Å². The van der Waals surface area contributed by atoms with E-state index >= 15 is 0 Å². The van der Waals surface area contributed by atoms with Crippen LogP contribution in [0.4, 0.5) is 4.39 Å². The highest BCUT2D eigenvalue weighted by molar-refractivity contribution is 7.08. The van der Waals surface area contributed by atoms with E-state index in [2.05, 4.69) is 6.92 Å². The van der Waals surface area contributed by atoms with Crippen LogP contribution in [0.2, 0.25) is 0 Å². The molecule has 8 heteroatoms. The Morgan fingerprint density at radius 3 is 1.84 bits per heavy atom. The lowest BCUT2D eigenvalue weighted by molar-refractivity contribution is -0.142. The number of hydrogen-bond acceptors (Lipinski definition) is 7. The molecule has 0 N–H and O–H groups in total. The maximum Gasteiger partial charge on any atom is 0.343 e. The number of halogens is 1. The second kappa shape index (κ2) is 23.3. The fourth-order valence-corrected chi connectivity index (χ4v) is 6.30. The molecule has 1 aromatic heterocycles. The molecule has 0 saturated carbocycles. The quantitative estimate of drug-likeness (QED) is 0.0386. The van der Waals surface area contributed by atoms with Crippen LogP contribution in [-0.2, 0) is 16.0 Å². The Hall–Kier alpha value is -4.17. The molecule has 3 aromatic carbocycles. The summed E-state index contributed by atoms with van der Waals surface area (Å²) in [6.07, 6.45) is 13.1. The number of carbonyl (C=O) groups excluding carboxylic acids is 2. The molecule has 1 atom stereocenters. The van der Waals surface area contributed by atoms with E-state index in [9.17, 15) is 14.0 Å². The van der Waals surface area contributed by atoms with Crippen molar-refractivity contribution in [1.29, 1.82) is 0 Å². The number of hydrogen-bond donors (Lipinski definition) is 0. The van der Waals surface area contributed by atoms with Gasteiger partial charge in [0, 0.05) is 0 Å². The second-order valence-electron chi connectivity index (χ2n) is 12.9. The van der Waals surface area contributed by atoms with Gasteiger partial charge in [-0.1, -0.05) is 95.4 Å². The first-order chi connectivity index (χ1) is 25.0. The number of esters is 2. The summed E-state index contributed by atoms with van der Waals surface area (Å²) in [5, 5.41) is 3.96. The van der Waals surface area contributed by atoms with Gasteiger partial charge in [0.25, 0.3) is 0 Å². The SMILES string of the molecule is CCCCCCC(F)COc1ccc(C(=O)Oc2ccc(-c3ccc(OCCCCCCCCCCOC(=O)Cc4ccsc4)cc3)cc2)cc1. The van der Waals surface area contributed by atoms with Crippen LogP contribution in [0.25, 0.3) is 11.1 Å². The van der Waals surface area contributed by atoms with Gasteiger partial charge < -0.3 is 18.9 Å². The van der Waals surface area contributed by atoms with E-state index in [4.69, 9.17) is 18.9 Å². The van der Waals surface area contributed by atoms with Crippen molar-refractivity contribution in [2.45, 2.75) is 103 Å². The van der Waals surface area contributed by atoms with E-state index < -0.39 is 12.1 Å². The van der Waals surface area contributed by atoms with Crippen molar-refractivity contribution in [1.82, 2.24) is 0 Å². The third kappa shape index (κ3) is 15.7. The highest BCUT2D eigenvalue weighted by Crippen LogP contribution is 2.26. The Morgan fingerprint density at radius 2 is 1.22 bits per heavy atom. The number of carbonyl (C=O) groups is 2. The van der Waals surface area contributed by atoms with E-state index in [0.29, 0.717) is 43.1 Å². The number of alkyl halides is 1. The van der Waals surface area contributed by atoms with Crippen LogP contribution in [0.15, 0.2) is 89.6 Å². The monoisotopic (exact) mass is 716 g/mol. The van der Waals surface area contributed by atoms with Crippen LogP contribution in [-0.4, -0.2) is 37.9 Å². The topological polar surface area (TPSA) is 71.1 Å². The molecule has 1 heterocycles. The Morgan fingerprint density at radius 1 is 0.647 bits per heavy atom. The summed E-state index contributed by atoms with van der Waals surface area (Å²) in [7, 11) is 0. The molecule has 1 unspecified atom stereocenters. The summed E-state index contributed by atoms with van der Waals surface area (Å²) in [4.78, 5) is 24.5. The lowest BCUT2D eigenvalue weighted by Gasteiger charge is -2.11. The minimum Gasteiger partial charge on any atom is -0.494 e. The number of unbranched alkanes of at least 4 members (excludes halogenated alkanes) is 10. The van der Waals surface area contributed by atoms with Crippen molar-refractivity contribution in [3.8, 4) is 28.4 Å². The van der Waals surface area contributed by atoms with Gasteiger partial charge >= 0.3 is 11.9 Å². The molecular formula is C43H53FO6S. The Balaban J connectivity index is 1.04. The first kappa shape index (κ1) is 39.6. The lowest BCUT2D eigenvalue weighted by atomic mass is 10.1. The first-order valence-corrected chi connectivity index (χ1v) is 19.5. The molecule has 0 aliphatic rings. The van der Waals surface area contributed by atoms with E-state index in [-0.39, 0.29) is 12.6 Å². The molecule has 0 aliphatic carbocycles. The second-order valence-corrected chi connectivity index (χ2v) is 13.7. The van der Waals surface area contributed by atoms with Gasteiger partial charge in [-0.25, -0.2) is 9.18 Å². The smallest absolute Gasteiger partial charge is 0.343 e. The van der Waals surface area contributed by atoms with Gasteiger partial charge in [0.05, 0.1) is 25.2 Å². The summed E-state index contributed by atoms with van der Waals surface area (Å²) in [6.45, 7) is 3.37. The van der Waals surface area contributed by atoms with Gasteiger partial charge in [0.2, 0.25) is 0 Å². The zero-order valence-electron chi connectivity index (χ0n) is 30.0. The molecule has 0 amide bonds. The molecule has 0 radical (unpaired) electrons. The van der Waals surface area contributed by atoms with Crippen molar-refractivity contribution in [2.75, 3.05) is 19.8 Å². The van der Waals surface area contributed by atoms with E-state index in [0.717, 1.165) is 73.8 Å². The Labute approximate surface area is 307 Å². The fourth-order valence-electron chi connectivity index (χ4n) is 5.63. The van der Waals surface area contributed by atoms with E-state index in [1.165, 1.54) is 25.7 Å². The standard InChI is InChI=1S/C43H53FO6S/c1-2-3-4-11-14-38(44)32-49-40-23-19-37(20-24-40)43(46)50-41-25-17-36(18-26-41)35-15-21-39(22-16-35)47-28-12-9-7-5-6-8-10-13-29-48-42(45)31-34-27-30-51-33-34/h15-27,30,33,38H,2-14,28-29,31-32H2,1H3. The molecule has 0 spiro atoms. The largest absolute Gasteiger partial charge is 0.494 e. The van der Waals surface area contributed by atoms with Crippen molar-refractivity contribution < 1.29 is 32.9 Å². The minimum absolute atomic E-state index is 0.0150. The average Bonchev–Trinajstić information content (AvgIpc) is 3.67. The number of ether oxygens (including phenoxy) is 4. The van der Waals surface area contributed by atoms with E-state index in [1.807, 2.05) is 53.2 Å². The van der Waals surface area contributed by atoms with Crippen LogP contribution in [0.5, 0.6) is 17.2 Å². The highest BCUT2D eigenvalue weighted by atomic mass is 32.1. The predicted molar refractivity (Wildman–Crippen MR) is 204 cm³/mol. The zero-order chi connectivity index (χ0) is 35.9. The molecule has 4 aromatic rings. The van der Waals surface area contributed by atoms with Crippen molar-refractivity contribution in [2.24, 2.45) is 0 Å². The van der Waals surface area contributed by atoms with Gasteiger partial charge in [-0.05, 0) is 101 Å². The summed E-state index contributed by atoms with van der Waals surface area (Å²) >= 11 is 1.60. The van der Waals surface area contributed by atoms with Gasteiger partial charge in [-0.15, -0.1) is 0 Å². The first-order valence-electron chi connectivity index (χ1n) is 18.6. The third-order valence-electron chi connectivity index (χ3n) is 8.64. The molecule has 6 nitrogen and oxygen atoms in total. The van der Waals surface area contributed by atoms with Crippen LogP contribution in [0, 0.1) is 0 Å². The summed E-state index contributed by atoms with van der Waals surface area (Å²) in [6, 6.07) is 24.0. The minimum atomic E-state index is -0.992. The maximum atomic E-state index is 14.1. The number of benzene rings is 3. The molecule has 0 fully saturated rings. The lowest BCUT2D eigenvalue weighted by Crippen LogP contribution is -2.13. The van der Waals surface area contributed by atoms with E-state index in [1.54, 1.807) is 47.7 Å². The van der Waals surface area contributed by atoms with Crippen LogP contribution in [0.3, 0.4) is 0 Å². The van der Waals surface area contributed by atoms with Crippen LogP contribution >= 0.6 is 11.3 Å². The molecular weight excluding hydrogens is 664 g/mol. The molecule has 0 saturated heterocycles. The molecule has 4 rings (SSSR count). The van der Waals surface area contributed by atoms with Gasteiger partial charge in [-0.2, -0.15) is 11.3 Å². The van der Waals surface area contributed by atoms with Crippen LogP contribution < -0.4 is 14.2 Å². The predicted octanol–water partition coefficient (Wildman–Crippen LogP) is 11.6. The van der Waals surface area contributed by atoms with Crippen LogP contribution in [0.1, 0.15) is 106 Å². The molecule has 51 heavy (non-hydrogen) atoms. The number of rotatable bonds is 25. The summed E-state index contributed by atoms with van der Waals surface area (Å²) in [5.74, 6) is 1.23. The normalized spacial score (nSPS) is 11.6. The summed E-state index contributed by atoms with van der Waals surface area (Å²) in [5.41, 5.74) is 3.48.